The van der Waals surface area contributed by atoms with Crippen LogP contribution >= 0.6 is 0 Å². The molecule has 3 heteroatoms. The van der Waals surface area contributed by atoms with Crippen LogP contribution in [0.2, 0.25) is 0 Å². The molecule has 1 aromatic carbocycles. The van der Waals surface area contributed by atoms with Crippen LogP contribution in [-0.4, -0.2) is 29.0 Å². The third kappa shape index (κ3) is 2.72. The maximum absolute atomic E-state index is 9.37. The number of aromatic nitrogens is 1. The number of nitrogens with one attached hydrogen (secondary N) is 1. The number of para-hydroxylation sites is 1. The van der Waals surface area contributed by atoms with E-state index in [-0.39, 0.29) is 6.04 Å². The van der Waals surface area contributed by atoms with Crippen LogP contribution in [0, 0.1) is 11.3 Å². The number of benzene rings is 1. The maximum atomic E-state index is 9.37. The zero-order valence-corrected chi connectivity index (χ0v) is 12.7. The molecule has 0 spiro atoms. The van der Waals surface area contributed by atoms with Crippen molar-refractivity contribution in [3.63, 3.8) is 0 Å². The summed E-state index contributed by atoms with van der Waals surface area (Å²) in [5.74, 6) is 0. The summed E-state index contributed by atoms with van der Waals surface area (Å²) in [5, 5.41) is 10.7. The molecule has 3 rings (SSSR count). The molecule has 21 heavy (non-hydrogen) atoms. The van der Waals surface area contributed by atoms with Gasteiger partial charge >= 0.3 is 0 Å². The largest absolute Gasteiger partial charge is 0.361 e. The molecule has 0 amide bonds. The van der Waals surface area contributed by atoms with Gasteiger partial charge in [0.1, 0.15) is 6.04 Å². The number of hydrogen-bond donors (Lipinski definition) is 1. The van der Waals surface area contributed by atoms with Crippen molar-refractivity contribution in [2.75, 3.05) is 13.1 Å². The number of hydrogen-bond acceptors (Lipinski definition) is 2. The zero-order chi connectivity index (χ0) is 14.8. The van der Waals surface area contributed by atoms with Crippen molar-refractivity contribution in [1.29, 1.82) is 5.26 Å². The van der Waals surface area contributed by atoms with E-state index in [9.17, 15) is 5.26 Å². The van der Waals surface area contributed by atoms with Crippen molar-refractivity contribution in [3.8, 4) is 6.07 Å². The molecule has 0 saturated carbocycles. The molecule has 108 valence electrons. The predicted octanol–water partition coefficient (Wildman–Crippen LogP) is 3.64. The molecule has 0 bridgehead atoms. The van der Waals surface area contributed by atoms with Crippen molar-refractivity contribution < 1.29 is 0 Å². The molecule has 1 aromatic heterocycles. The van der Waals surface area contributed by atoms with Gasteiger partial charge < -0.3 is 4.98 Å². The Hall–Kier alpha value is -2.05. The summed E-state index contributed by atoms with van der Waals surface area (Å²) in [6, 6.07) is 10.9. The van der Waals surface area contributed by atoms with Crippen LogP contribution in [0.15, 0.2) is 41.6 Å². The summed E-state index contributed by atoms with van der Waals surface area (Å²) < 4.78 is 0. The van der Waals surface area contributed by atoms with Crippen LogP contribution in [0.1, 0.15) is 25.8 Å². The number of rotatable bonds is 3. The molecule has 2 heterocycles. The van der Waals surface area contributed by atoms with Crippen molar-refractivity contribution >= 4 is 10.9 Å². The Kier molecular flexibility index (Phi) is 3.81. The van der Waals surface area contributed by atoms with E-state index in [0.29, 0.717) is 0 Å². The van der Waals surface area contributed by atoms with E-state index >= 15 is 0 Å². The van der Waals surface area contributed by atoms with E-state index in [4.69, 9.17) is 0 Å². The Labute approximate surface area is 125 Å². The van der Waals surface area contributed by atoms with Gasteiger partial charge in [-0.15, -0.1) is 0 Å². The highest BCUT2D eigenvalue weighted by atomic mass is 15.2. The molecule has 1 N–H and O–H groups in total. The average molecular weight is 279 g/mol. The summed E-state index contributed by atoms with van der Waals surface area (Å²) in [5.41, 5.74) is 5.33. The number of nitrogens with zero attached hydrogens (tertiary/aromatic N) is 2. The van der Waals surface area contributed by atoms with Gasteiger partial charge in [0.25, 0.3) is 0 Å². The highest BCUT2D eigenvalue weighted by molar-refractivity contribution is 5.83. The standard InChI is InChI=1S/C18H21N3/c1-13-9-16(10-19)21(12-14(13)2)8-7-15-11-20-18-6-4-3-5-17(15)18/h3-6,11,16,20H,7-9,12H2,1-2H3. The van der Waals surface area contributed by atoms with Crippen LogP contribution < -0.4 is 0 Å². The van der Waals surface area contributed by atoms with E-state index < -0.39 is 0 Å². The number of fused-ring (bicyclic) bond motifs is 1. The highest BCUT2D eigenvalue weighted by Gasteiger charge is 2.24. The fourth-order valence-corrected chi connectivity index (χ4v) is 3.11. The van der Waals surface area contributed by atoms with Crippen LogP contribution in [0.5, 0.6) is 0 Å². The summed E-state index contributed by atoms with van der Waals surface area (Å²) in [6.07, 6.45) is 3.97. The molecule has 1 atom stereocenters. The summed E-state index contributed by atoms with van der Waals surface area (Å²) in [6.45, 7) is 6.19. The Morgan fingerprint density at radius 1 is 1.29 bits per heavy atom. The van der Waals surface area contributed by atoms with Gasteiger partial charge in [0, 0.05) is 30.2 Å². The van der Waals surface area contributed by atoms with Gasteiger partial charge in [0.05, 0.1) is 6.07 Å². The second-order valence-electron chi connectivity index (χ2n) is 5.99. The smallest absolute Gasteiger partial charge is 0.102 e. The normalized spacial score (nSPS) is 20.0. The molecule has 0 aliphatic carbocycles. The van der Waals surface area contributed by atoms with E-state index in [2.05, 4.69) is 60.3 Å². The first-order valence-electron chi connectivity index (χ1n) is 7.53. The molecule has 0 saturated heterocycles. The topological polar surface area (TPSA) is 42.8 Å². The summed E-state index contributed by atoms with van der Waals surface area (Å²) in [4.78, 5) is 5.63. The van der Waals surface area contributed by atoms with Gasteiger partial charge in [-0.1, -0.05) is 29.3 Å². The van der Waals surface area contributed by atoms with Crippen molar-refractivity contribution in [3.05, 3.63) is 47.2 Å². The minimum atomic E-state index is 0.0268. The lowest BCUT2D eigenvalue weighted by molar-refractivity contribution is 0.240. The molecular formula is C18H21N3. The van der Waals surface area contributed by atoms with E-state index in [0.717, 1.165) is 25.9 Å². The molecule has 2 aromatic rings. The summed E-state index contributed by atoms with van der Waals surface area (Å²) in [7, 11) is 0. The monoisotopic (exact) mass is 279 g/mol. The Morgan fingerprint density at radius 3 is 2.90 bits per heavy atom. The van der Waals surface area contributed by atoms with Crippen LogP contribution in [0.3, 0.4) is 0 Å². The molecule has 0 radical (unpaired) electrons. The van der Waals surface area contributed by atoms with Crippen LogP contribution in [0.4, 0.5) is 0 Å². The number of aromatic amines is 1. The highest BCUT2D eigenvalue weighted by Crippen LogP contribution is 2.24. The van der Waals surface area contributed by atoms with Crippen molar-refractivity contribution in [2.24, 2.45) is 0 Å². The van der Waals surface area contributed by atoms with Crippen LogP contribution in [0.25, 0.3) is 10.9 Å². The van der Waals surface area contributed by atoms with Gasteiger partial charge in [-0.3, -0.25) is 4.90 Å². The first-order valence-corrected chi connectivity index (χ1v) is 7.53. The fourth-order valence-electron chi connectivity index (χ4n) is 3.11. The lowest BCUT2D eigenvalue weighted by Gasteiger charge is -2.32. The lowest BCUT2D eigenvalue weighted by atomic mass is 9.96. The van der Waals surface area contributed by atoms with Crippen LogP contribution in [-0.2, 0) is 6.42 Å². The van der Waals surface area contributed by atoms with Crippen molar-refractivity contribution in [1.82, 2.24) is 9.88 Å². The van der Waals surface area contributed by atoms with Gasteiger partial charge in [-0.2, -0.15) is 5.26 Å². The molecule has 3 nitrogen and oxygen atoms in total. The first kappa shape index (κ1) is 13.9. The quantitative estimate of drug-likeness (QED) is 0.872. The Morgan fingerprint density at radius 2 is 2.10 bits per heavy atom. The zero-order valence-electron chi connectivity index (χ0n) is 12.7. The predicted molar refractivity (Wildman–Crippen MR) is 86.0 cm³/mol. The second-order valence-corrected chi connectivity index (χ2v) is 5.99. The minimum Gasteiger partial charge on any atom is -0.361 e. The number of nitriles is 1. The summed E-state index contributed by atoms with van der Waals surface area (Å²) >= 11 is 0. The van der Waals surface area contributed by atoms with E-state index in [1.807, 2.05) is 0 Å². The van der Waals surface area contributed by atoms with Gasteiger partial charge in [-0.05, 0) is 38.3 Å². The van der Waals surface area contributed by atoms with E-state index in [1.54, 1.807) is 0 Å². The van der Waals surface area contributed by atoms with Gasteiger partial charge in [0.15, 0.2) is 0 Å². The Bertz CT molecular complexity index is 717. The molecule has 0 fully saturated rings. The molecule has 1 unspecified atom stereocenters. The third-order valence-corrected chi connectivity index (χ3v) is 4.60. The third-order valence-electron chi connectivity index (χ3n) is 4.60. The van der Waals surface area contributed by atoms with Crippen molar-refractivity contribution in [2.45, 2.75) is 32.7 Å². The SMILES string of the molecule is CC1=C(C)CN(CCc2c[nH]c3ccccc23)C(C#N)C1. The fraction of sp³-hybridized carbons (Fsp3) is 0.389. The average Bonchev–Trinajstić information content (AvgIpc) is 2.91. The van der Waals surface area contributed by atoms with Gasteiger partial charge in [0.2, 0.25) is 0 Å². The number of H-pyrrole nitrogens is 1. The van der Waals surface area contributed by atoms with Gasteiger partial charge in [-0.25, -0.2) is 0 Å². The first-order chi connectivity index (χ1) is 10.2. The molecular weight excluding hydrogens is 258 g/mol. The maximum Gasteiger partial charge on any atom is 0.102 e. The lowest BCUT2D eigenvalue weighted by Crippen LogP contribution is -2.40. The molecule has 1 aliphatic heterocycles. The second kappa shape index (κ2) is 5.75. The minimum absolute atomic E-state index is 0.0268. The Balaban J connectivity index is 1.74. The van der Waals surface area contributed by atoms with E-state index in [1.165, 1.54) is 27.6 Å². The molecule has 1 aliphatic rings.